The summed E-state index contributed by atoms with van der Waals surface area (Å²) in [6, 6.07) is 4.08. The van der Waals surface area contributed by atoms with Crippen molar-refractivity contribution in [2.45, 2.75) is 40.7 Å². The first-order valence-electron chi connectivity index (χ1n) is 8.67. The average Bonchev–Trinajstić information content (AvgIpc) is 3.12. The number of carbonyl (C=O) groups is 2. The molecule has 4 heteroatoms. The minimum atomic E-state index is -0.418. The van der Waals surface area contributed by atoms with Crippen LogP contribution in [0.2, 0.25) is 0 Å². The summed E-state index contributed by atoms with van der Waals surface area (Å²) < 4.78 is 10.2. The molecular weight excluding hydrogens is 328 g/mol. The quantitative estimate of drug-likeness (QED) is 0.446. The molecule has 26 heavy (non-hydrogen) atoms. The van der Waals surface area contributed by atoms with E-state index in [1.165, 1.54) is 13.2 Å². The fraction of sp³-hybridized carbons (Fsp3) is 0.455. The largest absolute Gasteiger partial charge is 0.466 e. The van der Waals surface area contributed by atoms with Crippen LogP contribution in [0.25, 0.3) is 0 Å². The van der Waals surface area contributed by atoms with Crippen molar-refractivity contribution >= 4 is 11.9 Å². The lowest BCUT2D eigenvalue weighted by Gasteiger charge is -2.13. The van der Waals surface area contributed by atoms with E-state index in [0.717, 1.165) is 22.3 Å². The van der Waals surface area contributed by atoms with Crippen molar-refractivity contribution in [3.63, 3.8) is 0 Å². The Kier molecular flexibility index (Phi) is 5.92. The molecule has 1 aliphatic carbocycles. The topological polar surface area (TPSA) is 52.6 Å². The van der Waals surface area contributed by atoms with Crippen LogP contribution in [-0.2, 0) is 32.1 Å². The van der Waals surface area contributed by atoms with E-state index in [9.17, 15) is 9.59 Å². The molecule has 0 aromatic heterocycles. The molecule has 4 nitrogen and oxygen atoms in total. The lowest BCUT2D eigenvalue weighted by molar-refractivity contribution is -0.147. The highest BCUT2D eigenvalue weighted by Gasteiger charge is 2.61. The molecule has 1 saturated carbocycles. The molecule has 0 bridgehead atoms. The zero-order valence-electron chi connectivity index (χ0n) is 16.1. The Morgan fingerprint density at radius 3 is 2.42 bits per heavy atom. The van der Waals surface area contributed by atoms with Gasteiger partial charge in [-0.1, -0.05) is 32.1 Å². The van der Waals surface area contributed by atoms with Gasteiger partial charge in [-0.3, -0.25) is 4.79 Å². The number of terminal acetylenes is 1. The molecule has 1 aliphatic rings. The molecule has 0 N–H and O–H groups in total. The second kappa shape index (κ2) is 7.78. The number of esters is 2. The van der Waals surface area contributed by atoms with E-state index in [-0.39, 0.29) is 29.8 Å². The fourth-order valence-corrected chi connectivity index (χ4v) is 3.50. The van der Waals surface area contributed by atoms with Gasteiger partial charge in [-0.15, -0.1) is 12.3 Å². The second-order valence-electron chi connectivity index (χ2n) is 7.40. The van der Waals surface area contributed by atoms with Crippen molar-refractivity contribution in [3.8, 4) is 12.3 Å². The smallest absolute Gasteiger partial charge is 0.330 e. The van der Waals surface area contributed by atoms with Gasteiger partial charge < -0.3 is 9.47 Å². The van der Waals surface area contributed by atoms with Gasteiger partial charge in [-0.05, 0) is 47.4 Å². The summed E-state index contributed by atoms with van der Waals surface area (Å²) in [7, 11) is 1.33. The number of hydrogen-bond acceptors (Lipinski definition) is 4. The molecule has 0 amide bonds. The van der Waals surface area contributed by atoms with Crippen molar-refractivity contribution in [1.29, 1.82) is 0 Å². The molecule has 2 rings (SSSR count). The molecule has 1 aromatic rings. The van der Waals surface area contributed by atoms with Crippen molar-refractivity contribution in [3.05, 3.63) is 46.5 Å². The zero-order valence-corrected chi connectivity index (χ0v) is 16.1. The summed E-state index contributed by atoms with van der Waals surface area (Å²) >= 11 is 0. The maximum absolute atomic E-state index is 12.5. The van der Waals surface area contributed by atoms with E-state index in [1.54, 1.807) is 6.08 Å². The highest BCUT2D eigenvalue weighted by molar-refractivity contribution is 5.83. The normalized spacial score (nSPS) is 20.5. The molecule has 0 radical (unpaired) electrons. The summed E-state index contributed by atoms with van der Waals surface area (Å²) in [6.45, 7) is 8.23. The van der Waals surface area contributed by atoms with E-state index in [2.05, 4.69) is 10.7 Å². The standard InChI is InChI=1S/C22H26O4/c1-7-8-16-11-14(2)17(15(3)12-16)13-26-21(24)20-18(22(20,4)5)9-10-19(23)25-6/h1,9-12,18,20H,8,13H2,2-6H3/b10-9-. The van der Waals surface area contributed by atoms with E-state index in [1.807, 2.05) is 39.8 Å². The lowest BCUT2D eigenvalue weighted by Crippen LogP contribution is -2.12. The fourth-order valence-electron chi connectivity index (χ4n) is 3.50. The van der Waals surface area contributed by atoms with Crippen LogP contribution in [0.4, 0.5) is 0 Å². The molecule has 138 valence electrons. The van der Waals surface area contributed by atoms with Crippen LogP contribution in [0.3, 0.4) is 0 Å². The first-order chi connectivity index (χ1) is 12.2. The van der Waals surface area contributed by atoms with Gasteiger partial charge in [0, 0.05) is 12.5 Å². The molecule has 1 fully saturated rings. The minimum Gasteiger partial charge on any atom is -0.466 e. The molecule has 0 heterocycles. The van der Waals surface area contributed by atoms with Gasteiger partial charge in [0.25, 0.3) is 0 Å². The number of hydrogen-bond donors (Lipinski definition) is 0. The summed E-state index contributed by atoms with van der Waals surface area (Å²) in [6.07, 6.45) is 9.08. The average molecular weight is 354 g/mol. The third-order valence-corrected chi connectivity index (χ3v) is 5.23. The number of ether oxygens (including phenoxy) is 2. The third-order valence-electron chi connectivity index (χ3n) is 5.23. The Labute approximate surface area is 155 Å². The predicted octanol–water partition coefficient (Wildman–Crippen LogP) is 3.52. The molecule has 0 aliphatic heterocycles. The van der Waals surface area contributed by atoms with Crippen LogP contribution < -0.4 is 0 Å². The Hall–Kier alpha value is -2.54. The number of rotatable bonds is 6. The van der Waals surface area contributed by atoms with E-state index < -0.39 is 5.97 Å². The van der Waals surface area contributed by atoms with Crippen LogP contribution in [0.5, 0.6) is 0 Å². The number of allylic oxidation sites excluding steroid dienone is 1. The highest BCUT2D eigenvalue weighted by atomic mass is 16.5. The van der Waals surface area contributed by atoms with E-state index in [4.69, 9.17) is 11.2 Å². The van der Waals surface area contributed by atoms with E-state index in [0.29, 0.717) is 6.42 Å². The maximum atomic E-state index is 12.5. The molecule has 0 spiro atoms. The van der Waals surface area contributed by atoms with Crippen molar-refractivity contribution < 1.29 is 19.1 Å². The van der Waals surface area contributed by atoms with Gasteiger partial charge in [0.2, 0.25) is 0 Å². The SMILES string of the molecule is C#CCc1cc(C)c(COC(=O)C2C(/C=C\C(=O)OC)C2(C)C)c(C)c1. The monoisotopic (exact) mass is 354 g/mol. The summed E-state index contributed by atoms with van der Waals surface area (Å²) in [5.74, 6) is 1.73. The third kappa shape index (κ3) is 4.16. The van der Waals surface area contributed by atoms with Gasteiger partial charge in [0.15, 0.2) is 0 Å². The van der Waals surface area contributed by atoms with Crippen molar-refractivity contribution in [2.24, 2.45) is 17.3 Å². The number of methoxy groups -OCH3 is 1. The highest BCUT2D eigenvalue weighted by Crippen LogP contribution is 2.59. The summed E-state index contributed by atoms with van der Waals surface area (Å²) in [4.78, 5) is 23.8. The molecule has 1 aromatic carbocycles. The lowest BCUT2D eigenvalue weighted by atomic mass is 9.98. The minimum absolute atomic E-state index is 0.0192. The Morgan fingerprint density at radius 2 is 1.88 bits per heavy atom. The van der Waals surface area contributed by atoms with Crippen LogP contribution in [0.15, 0.2) is 24.3 Å². The van der Waals surface area contributed by atoms with Gasteiger partial charge in [0.1, 0.15) is 6.61 Å². The van der Waals surface area contributed by atoms with Crippen molar-refractivity contribution in [1.82, 2.24) is 0 Å². The molecule has 0 saturated heterocycles. The van der Waals surface area contributed by atoms with Gasteiger partial charge in [-0.2, -0.15) is 0 Å². The first-order valence-corrected chi connectivity index (χ1v) is 8.67. The summed E-state index contributed by atoms with van der Waals surface area (Å²) in [5, 5.41) is 0. The van der Waals surface area contributed by atoms with E-state index >= 15 is 0 Å². The van der Waals surface area contributed by atoms with Crippen molar-refractivity contribution in [2.75, 3.05) is 7.11 Å². The Balaban J connectivity index is 2.02. The second-order valence-corrected chi connectivity index (χ2v) is 7.40. The maximum Gasteiger partial charge on any atom is 0.330 e. The Morgan fingerprint density at radius 1 is 1.27 bits per heavy atom. The van der Waals surface area contributed by atoms with Gasteiger partial charge in [0.05, 0.1) is 13.0 Å². The Bertz CT molecular complexity index is 757. The number of carbonyl (C=O) groups excluding carboxylic acids is 2. The van der Waals surface area contributed by atoms with Crippen LogP contribution in [-0.4, -0.2) is 19.0 Å². The van der Waals surface area contributed by atoms with Crippen LogP contribution in [0.1, 0.15) is 36.1 Å². The molecule has 2 atom stereocenters. The number of aryl methyl sites for hydroxylation is 2. The van der Waals surface area contributed by atoms with Crippen LogP contribution >= 0.6 is 0 Å². The molecule has 2 unspecified atom stereocenters. The van der Waals surface area contributed by atoms with Crippen LogP contribution in [0, 0.1) is 43.4 Å². The first kappa shape index (κ1) is 19.8. The zero-order chi connectivity index (χ0) is 19.5. The predicted molar refractivity (Wildman–Crippen MR) is 100 cm³/mol. The van der Waals surface area contributed by atoms with Gasteiger partial charge >= 0.3 is 11.9 Å². The van der Waals surface area contributed by atoms with Gasteiger partial charge in [-0.25, -0.2) is 4.79 Å². The molecular formula is C22H26O4. The summed E-state index contributed by atoms with van der Waals surface area (Å²) in [5.41, 5.74) is 4.02. The number of benzene rings is 1.